The third-order valence-electron chi connectivity index (χ3n) is 4.03. The number of nitrogens with zero attached hydrogens (tertiary/aromatic N) is 2. The van der Waals surface area contributed by atoms with E-state index in [9.17, 15) is 10.1 Å². The zero-order valence-electron chi connectivity index (χ0n) is 15.2. The Kier molecular flexibility index (Phi) is 5.80. The number of aryl methyl sites for hydroxylation is 2. The number of benzene rings is 2. The number of carbonyl (C=O) groups is 1. The molecule has 0 aliphatic heterocycles. The summed E-state index contributed by atoms with van der Waals surface area (Å²) in [6.45, 7) is 4.04. The van der Waals surface area contributed by atoms with Gasteiger partial charge in [0.25, 0.3) is 5.91 Å². The number of anilines is 1. The maximum absolute atomic E-state index is 12.4. The maximum atomic E-state index is 12.4. The van der Waals surface area contributed by atoms with Gasteiger partial charge in [0.1, 0.15) is 11.6 Å². The molecule has 1 aromatic heterocycles. The van der Waals surface area contributed by atoms with Gasteiger partial charge in [-0.1, -0.05) is 59.7 Å². The van der Waals surface area contributed by atoms with Crippen molar-refractivity contribution < 1.29 is 4.79 Å². The van der Waals surface area contributed by atoms with Gasteiger partial charge in [-0.2, -0.15) is 5.26 Å². The third-order valence-corrected chi connectivity index (χ3v) is 4.94. The minimum Gasteiger partial charge on any atom is -0.297 e. The molecule has 1 heterocycles. The van der Waals surface area contributed by atoms with Gasteiger partial charge in [0, 0.05) is 17.5 Å². The Morgan fingerprint density at radius 1 is 1.11 bits per heavy atom. The summed E-state index contributed by atoms with van der Waals surface area (Å²) in [6.07, 6.45) is 4.10. The van der Waals surface area contributed by atoms with E-state index in [1.807, 2.05) is 37.3 Å². The van der Waals surface area contributed by atoms with Crippen LogP contribution in [0.4, 0.5) is 5.13 Å². The molecule has 0 aliphatic rings. The molecule has 2 aromatic carbocycles. The highest BCUT2D eigenvalue weighted by Gasteiger charge is 2.12. The summed E-state index contributed by atoms with van der Waals surface area (Å²) in [5.41, 5.74) is 4.40. The number of hydrogen-bond acceptors (Lipinski definition) is 4. The number of aromatic nitrogens is 1. The van der Waals surface area contributed by atoms with Crippen LogP contribution in [0.25, 0.3) is 6.08 Å². The van der Waals surface area contributed by atoms with Crippen molar-refractivity contribution in [3.05, 3.63) is 87.4 Å². The molecule has 0 bridgehead atoms. The largest absolute Gasteiger partial charge is 0.297 e. The van der Waals surface area contributed by atoms with E-state index >= 15 is 0 Å². The standard InChI is InChI=1S/C22H19N3OS/c1-15-3-7-17(8-4-15)11-19(13-23)21(26)25-22-24-14-20(27-22)12-18-9-5-16(2)6-10-18/h3-11,14H,12H2,1-2H3,(H,24,25,26)/b19-11-. The second-order valence-corrected chi connectivity index (χ2v) is 7.44. The molecule has 4 nitrogen and oxygen atoms in total. The van der Waals surface area contributed by atoms with E-state index in [-0.39, 0.29) is 5.57 Å². The minimum atomic E-state index is -0.450. The monoisotopic (exact) mass is 373 g/mol. The molecule has 3 aromatic rings. The molecule has 0 spiro atoms. The topological polar surface area (TPSA) is 65.8 Å². The van der Waals surface area contributed by atoms with Crippen LogP contribution in [0.3, 0.4) is 0 Å². The van der Waals surface area contributed by atoms with E-state index in [4.69, 9.17) is 0 Å². The Morgan fingerprint density at radius 2 is 1.74 bits per heavy atom. The normalized spacial score (nSPS) is 11.1. The van der Waals surface area contributed by atoms with Gasteiger partial charge in [0.15, 0.2) is 5.13 Å². The number of nitriles is 1. The summed E-state index contributed by atoms with van der Waals surface area (Å²) in [5.74, 6) is -0.450. The van der Waals surface area contributed by atoms with Crippen LogP contribution < -0.4 is 5.32 Å². The molecule has 0 saturated heterocycles. The van der Waals surface area contributed by atoms with Crippen LogP contribution in [0.5, 0.6) is 0 Å². The lowest BCUT2D eigenvalue weighted by Crippen LogP contribution is -2.13. The van der Waals surface area contributed by atoms with Crippen molar-refractivity contribution >= 4 is 28.5 Å². The SMILES string of the molecule is Cc1ccc(/C=C(/C#N)C(=O)Nc2ncc(Cc3ccc(C)cc3)s2)cc1. The molecule has 5 heteroatoms. The maximum Gasteiger partial charge on any atom is 0.268 e. The first kappa shape index (κ1) is 18.6. The fourth-order valence-electron chi connectivity index (χ4n) is 2.50. The first-order chi connectivity index (χ1) is 13.0. The lowest BCUT2D eigenvalue weighted by molar-refractivity contribution is -0.112. The van der Waals surface area contributed by atoms with Crippen LogP contribution >= 0.6 is 11.3 Å². The Bertz CT molecular complexity index is 1010. The van der Waals surface area contributed by atoms with Gasteiger partial charge >= 0.3 is 0 Å². The molecule has 0 aliphatic carbocycles. The van der Waals surface area contributed by atoms with Gasteiger partial charge < -0.3 is 0 Å². The zero-order chi connectivity index (χ0) is 19.2. The summed E-state index contributed by atoms with van der Waals surface area (Å²) >= 11 is 1.42. The molecule has 27 heavy (non-hydrogen) atoms. The predicted molar refractivity (Wildman–Crippen MR) is 109 cm³/mol. The van der Waals surface area contributed by atoms with Crippen LogP contribution in [-0.2, 0) is 11.2 Å². The molecule has 1 N–H and O–H groups in total. The molecule has 0 atom stereocenters. The van der Waals surface area contributed by atoms with Crippen molar-refractivity contribution in [2.45, 2.75) is 20.3 Å². The average Bonchev–Trinajstić information content (AvgIpc) is 3.10. The first-order valence-corrected chi connectivity index (χ1v) is 9.35. The highest BCUT2D eigenvalue weighted by Crippen LogP contribution is 2.22. The summed E-state index contributed by atoms with van der Waals surface area (Å²) in [7, 11) is 0. The van der Waals surface area contributed by atoms with Gasteiger partial charge in [-0.25, -0.2) is 4.98 Å². The number of nitrogens with one attached hydrogen (secondary N) is 1. The van der Waals surface area contributed by atoms with Crippen molar-refractivity contribution in [1.29, 1.82) is 5.26 Å². The van der Waals surface area contributed by atoms with Crippen molar-refractivity contribution in [3.8, 4) is 6.07 Å². The fraction of sp³-hybridized carbons (Fsp3) is 0.136. The molecule has 134 valence electrons. The van der Waals surface area contributed by atoms with E-state index in [2.05, 4.69) is 41.5 Å². The van der Waals surface area contributed by atoms with Crippen LogP contribution in [0.15, 0.2) is 60.3 Å². The van der Waals surface area contributed by atoms with E-state index in [1.54, 1.807) is 12.3 Å². The second-order valence-electron chi connectivity index (χ2n) is 6.33. The smallest absolute Gasteiger partial charge is 0.268 e. The van der Waals surface area contributed by atoms with E-state index in [1.165, 1.54) is 22.5 Å². The van der Waals surface area contributed by atoms with Gasteiger partial charge in [-0.15, -0.1) is 11.3 Å². The van der Waals surface area contributed by atoms with E-state index in [0.717, 1.165) is 22.4 Å². The number of rotatable bonds is 5. The Labute approximate surface area is 162 Å². The minimum absolute atomic E-state index is 0.0501. The molecule has 0 saturated carbocycles. The molecular formula is C22H19N3OS. The van der Waals surface area contributed by atoms with E-state index < -0.39 is 5.91 Å². The van der Waals surface area contributed by atoms with Gasteiger partial charge in [-0.3, -0.25) is 10.1 Å². The van der Waals surface area contributed by atoms with Crippen molar-refractivity contribution in [2.75, 3.05) is 5.32 Å². The molecule has 3 rings (SSSR count). The lowest BCUT2D eigenvalue weighted by Gasteiger charge is -2.01. The van der Waals surface area contributed by atoms with Crippen LogP contribution in [-0.4, -0.2) is 10.9 Å². The summed E-state index contributed by atoms with van der Waals surface area (Å²) in [5, 5.41) is 12.5. The van der Waals surface area contributed by atoms with Gasteiger partial charge in [0.2, 0.25) is 0 Å². The van der Waals surface area contributed by atoms with Gasteiger partial charge in [0.05, 0.1) is 0 Å². The lowest BCUT2D eigenvalue weighted by atomic mass is 10.1. The Balaban J connectivity index is 1.68. The van der Waals surface area contributed by atoms with Crippen LogP contribution in [0.1, 0.15) is 27.1 Å². The third kappa shape index (κ3) is 5.13. The highest BCUT2D eigenvalue weighted by molar-refractivity contribution is 7.15. The number of amides is 1. The Hall–Kier alpha value is -3.23. The summed E-state index contributed by atoms with van der Waals surface area (Å²) in [6, 6.07) is 17.9. The molecular weight excluding hydrogens is 354 g/mol. The van der Waals surface area contributed by atoms with E-state index in [0.29, 0.717) is 5.13 Å². The summed E-state index contributed by atoms with van der Waals surface area (Å²) in [4.78, 5) is 17.7. The molecule has 0 radical (unpaired) electrons. The average molecular weight is 373 g/mol. The zero-order valence-corrected chi connectivity index (χ0v) is 16.0. The number of thiazole rings is 1. The highest BCUT2D eigenvalue weighted by atomic mass is 32.1. The number of carbonyl (C=O) groups excluding carboxylic acids is 1. The molecule has 0 fully saturated rings. The van der Waals surface area contributed by atoms with Gasteiger partial charge in [-0.05, 0) is 31.1 Å². The van der Waals surface area contributed by atoms with Crippen LogP contribution in [0, 0.1) is 25.2 Å². The van der Waals surface area contributed by atoms with Crippen molar-refractivity contribution in [3.63, 3.8) is 0 Å². The first-order valence-electron chi connectivity index (χ1n) is 8.53. The van der Waals surface area contributed by atoms with Crippen molar-refractivity contribution in [2.24, 2.45) is 0 Å². The number of hydrogen-bond donors (Lipinski definition) is 1. The van der Waals surface area contributed by atoms with Crippen LogP contribution in [0.2, 0.25) is 0 Å². The van der Waals surface area contributed by atoms with Crippen molar-refractivity contribution in [1.82, 2.24) is 4.98 Å². The molecule has 1 amide bonds. The fourth-order valence-corrected chi connectivity index (χ4v) is 3.34. The summed E-state index contributed by atoms with van der Waals surface area (Å²) < 4.78 is 0. The second kappa shape index (κ2) is 8.43. The predicted octanol–water partition coefficient (Wildman–Crippen LogP) is 4.90. The molecule has 0 unspecified atom stereocenters. The quantitative estimate of drug-likeness (QED) is 0.511. The Morgan fingerprint density at radius 3 is 2.37 bits per heavy atom.